The van der Waals surface area contributed by atoms with Crippen LogP contribution in [-0.4, -0.2) is 42.3 Å². The molecule has 3 nitrogen and oxygen atoms in total. The van der Waals surface area contributed by atoms with Gasteiger partial charge in [0, 0.05) is 18.8 Å². The highest BCUT2D eigenvalue weighted by molar-refractivity contribution is 5.45. The number of rotatable bonds is 6. The van der Waals surface area contributed by atoms with Crippen molar-refractivity contribution in [1.29, 1.82) is 0 Å². The third kappa shape index (κ3) is 4.00. The Balaban J connectivity index is 1.75. The number of aliphatic hydroxyl groups is 1. The van der Waals surface area contributed by atoms with Crippen molar-refractivity contribution >= 4 is 5.69 Å². The van der Waals surface area contributed by atoms with E-state index in [9.17, 15) is 5.11 Å². The molecule has 1 fully saturated rings. The number of benzene rings is 1. The normalized spacial score (nSPS) is 17.9. The summed E-state index contributed by atoms with van der Waals surface area (Å²) in [4.78, 5) is 2.34. The van der Waals surface area contributed by atoms with Crippen LogP contribution in [0.2, 0.25) is 0 Å². The quantitative estimate of drug-likeness (QED) is 0.809. The molecule has 1 aromatic carbocycles. The minimum atomic E-state index is -0.284. The van der Waals surface area contributed by atoms with Crippen LogP contribution in [0.15, 0.2) is 24.3 Å². The van der Waals surface area contributed by atoms with Crippen LogP contribution in [0, 0.1) is 0 Å². The van der Waals surface area contributed by atoms with Gasteiger partial charge >= 0.3 is 0 Å². The zero-order valence-electron chi connectivity index (χ0n) is 11.2. The molecule has 0 spiro atoms. The van der Waals surface area contributed by atoms with Gasteiger partial charge in [-0.1, -0.05) is 19.1 Å². The fraction of sp³-hybridized carbons (Fsp3) is 0.600. The van der Waals surface area contributed by atoms with Gasteiger partial charge in [-0.05, 0) is 50.0 Å². The van der Waals surface area contributed by atoms with E-state index in [-0.39, 0.29) is 6.10 Å². The van der Waals surface area contributed by atoms with E-state index in [4.69, 9.17) is 0 Å². The summed E-state index contributed by atoms with van der Waals surface area (Å²) < 4.78 is 0. The first-order valence-electron chi connectivity index (χ1n) is 7.01. The van der Waals surface area contributed by atoms with E-state index in [1.165, 1.54) is 18.4 Å². The second-order valence-electron chi connectivity index (χ2n) is 5.10. The summed E-state index contributed by atoms with van der Waals surface area (Å²) in [6.45, 7) is 5.86. The minimum absolute atomic E-state index is 0.284. The molecule has 100 valence electrons. The summed E-state index contributed by atoms with van der Waals surface area (Å²) >= 11 is 0. The maximum Gasteiger partial charge on any atom is 0.0839 e. The van der Waals surface area contributed by atoms with Gasteiger partial charge in [0.1, 0.15) is 0 Å². The van der Waals surface area contributed by atoms with Crippen molar-refractivity contribution in [2.45, 2.75) is 32.3 Å². The lowest BCUT2D eigenvalue weighted by molar-refractivity contribution is 0.135. The minimum Gasteiger partial charge on any atom is -0.390 e. The molecule has 0 aromatic heterocycles. The number of hydrogen-bond acceptors (Lipinski definition) is 3. The largest absolute Gasteiger partial charge is 0.390 e. The third-order valence-electron chi connectivity index (χ3n) is 3.54. The monoisotopic (exact) mass is 248 g/mol. The molecule has 1 aliphatic heterocycles. The van der Waals surface area contributed by atoms with Gasteiger partial charge in [-0.3, -0.25) is 0 Å². The number of aliphatic hydroxyl groups excluding tert-OH is 1. The first-order valence-corrected chi connectivity index (χ1v) is 7.01. The number of nitrogens with one attached hydrogen (secondary N) is 1. The van der Waals surface area contributed by atoms with Crippen LogP contribution in [-0.2, 0) is 6.42 Å². The van der Waals surface area contributed by atoms with Crippen molar-refractivity contribution < 1.29 is 5.11 Å². The third-order valence-corrected chi connectivity index (χ3v) is 3.54. The Bertz CT molecular complexity index is 361. The average Bonchev–Trinajstić information content (AvgIpc) is 2.89. The van der Waals surface area contributed by atoms with Crippen LogP contribution in [0.1, 0.15) is 25.3 Å². The second-order valence-corrected chi connectivity index (χ2v) is 5.10. The molecule has 0 aliphatic carbocycles. The van der Waals surface area contributed by atoms with Crippen LogP contribution in [0.4, 0.5) is 5.69 Å². The predicted octanol–water partition coefficient (Wildman–Crippen LogP) is 2.12. The van der Waals surface area contributed by atoms with Crippen LogP contribution >= 0.6 is 0 Å². The Morgan fingerprint density at radius 3 is 2.83 bits per heavy atom. The Kier molecular flexibility index (Phi) is 5.02. The van der Waals surface area contributed by atoms with Gasteiger partial charge in [-0.25, -0.2) is 0 Å². The van der Waals surface area contributed by atoms with E-state index < -0.39 is 0 Å². The first-order chi connectivity index (χ1) is 8.78. The van der Waals surface area contributed by atoms with Crippen molar-refractivity contribution in [3.8, 4) is 0 Å². The molecule has 0 radical (unpaired) electrons. The number of anilines is 1. The second kappa shape index (κ2) is 6.76. The number of aryl methyl sites for hydroxylation is 1. The lowest BCUT2D eigenvalue weighted by atomic mass is 10.1. The summed E-state index contributed by atoms with van der Waals surface area (Å²) in [6, 6.07) is 8.41. The van der Waals surface area contributed by atoms with Gasteiger partial charge in [-0.2, -0.15) is 0 Å². The Morgan fingerprint density at radius 2 is 2.11 bits per heavy atom. The van der Waals surface area contributed by atoms with Crippen LogP contribution in [0.3, 0.4) is 0 Å². The predicted molar refractivity (Wildman–Crippen MR) is 76.0 cm³/mol. The van der Waals surface area contributed by atoms with Crippen molar-refractivity contribution in [2.75, 3.05) is 31.5 Å². The highest BCUT2D eigenvalue weighted by Crippen LogP contribution is 2.12. The Morgan fingerprint density at radius 1 is 1.33 bits per heavy atom. The van der Waals surface area contributed by atoms with Gasteiger partial charge in [0.05, 0.1) is 6.10 Å². The van der Waals surface area contributed by atoms with Crippen LogP contribution in [0.5, 0.6) is 0 Å². The van der Waals surface area contributed by atoms with Crippen LogP contribution in [0.25, 0.3) is 0 Å². The molecular weight excluding hydrogens is 224 g/mol. The molecule has 0 amide bonds. The standard InChI is InChI=1S/C15H24N2O/c1-2-13-6-5-7-14(10-13)16-11-15(18)12-17-8-3-4-9-17/h5-7,10,15-16,18H,2-4,8-9,11-12H2,1H3. The summed E-state index contributed by atoms with van der Waals surface area (Å²) in [5.74, 6) is 0. The van der Waals surface area contributed by atoms with Gasteiger partial charge < -0.3 is 15.3 Å². The van der Waals surface area contributed by atoms with Gasteiger partial charge in [0.15, 0.2) is 0 Å². The lowest BCUT2D eigenvalue weighted by Crippen LogP contribution is -2.34. The summed E-state index contributed by atoms with van der Waals surface area (Å²) in [5, 5.41) is 13.3. The van der Waals surface area contributed by atoms with Crippen molar-refractivity contribution in [2.24, 2.45) is 0 Å². The highest BCUT2D eigenvalue weighted by atomic mass is 16.3. The zero-order valence-corrected chi connectivity index (χ0v) is 11.2. The molecule has 0 bridgehead atoms. The smallest absolute Gasteiger partial charge is 0.0839 e. The number of likely N-dealkylation sites (tertiary alicyclic amines) is 1. The fourth-order valence-electron chi connectivity index (χ4n) is 2.46. The SMILES string of the molecule is CCc1cccc(NCC(O)CN2CCCC2)c1. The first kappa shape index (κ1) is 13.4. The molecule has 1 aromatic rings. The van der Waals surface area contributed by atoms with Crippen molar-refractivity contribution in [3.63, 3.8) is 0 Å². The van der Waals surface area contributed by atoms with E-state index in [0.717, 1.165) is 31.7 Å². The molecule has 1 aliphatic rings. The van der Waals surface area contributed by atoms with Gasteiger partial charge in [0.2, 0.25) is 0 Å². The summed E-state index contributed by atoms with van der Waals surface area (Å²) in [5.41, 5.74) is 2.43. The molecule has 1 unspecified atom stereocenters. The molecule has 18 heavy (non-hydrogen) atoms. The number of nitrogens with zero attached hydrogens (tertiary/aromatic N) is 1. The van der Waals surface area contributed by atoms with E-state index in [1.807, 2.05) is 0 Å². The average molecular weight is 248 g/mol. The zero-order chi connectivity index (χ0) is 12.8. The maximum atomic E-state index is 9.99. The maximum absolute atomic E-state index is 9.99. The molecular formula is C15H24N2O. The summed E-state index contributed by atoms with van der Waals surface area (Å²) in [7, 11) is 0. The molecule has 1 saturated heterocycles. The molecule has 1 heterocycles. The number of hydrogen-bond donors (Lipinski definition) is 2. The molecule has 1 atom stereocenters. The van der Waals surface area contributed by atoms with Crippen LogP contribution < -0.4 is 5.32 Å². The topological polar surface area (TPSA) is 35.5 Å². The molecule has 2 N–H and O–H groups in total. The van der Waals surface area contributed by atoms with E-state index in [2.05, 4.69) is 41.4 Å². The van der Waals surface area contributed by atoms with E-state index in [1.54, 1.807) is 0 Å². The molecule has 3 heteroatoms. The van der Waals surface area contributed by atoms with E-state index >= 15 is 0 Å². The van der Waals surface area contributed by atoms with E-state index in [0.29, 0.717) is 6.54 Å². The highest BCUT2D eigenvalue weighted by Gasteiger charge is 2.15. The molecule has 2 rings (SSSR count). The van der Waals surface area contributed by atoms with Crippen molar-refractivity contribution in [1.82, 2.24) is 4.90 Å². The Hall–Kier alpha value is -1.06. The lowest BCUT2D eigenvalue weighted by Gasteiger charge is -2.20. The summed E-state index contributed by atoms with van der Waals surface area (Å²) in [6.07, 6.45) is 3.32. The van der Waals surface area contributed by atoms with Crippen molar-refractivity contribution in [3.05, 3.63) is 29.8 Å². The Labute approximate surface area is 110 Å². The fourth-order valence-corrected chi connectivity index (χ4v) is 2.46. The van der Waals surface area contributed by atoms with Gasteiger partial charge in [-0.15, -0.1) is 0 Å². The number of β-amino-alcohol motifs (C(OH)–C–C–N with tert-alkyl or cyclic N) is 1. The molecule has 0 saturated carbocycles. The van der Waals surface area contributed by atoms with Gasteiger partial charge in [0.25, 0.3) is 0 Å².